The molecule has 3 rings (SSSR count). The first kappa shape index (κ1) is 19.0. The predicted octanol–water partition coefficient (Wildman–Crippen LogP) is 4.88. The highest BCUT2D eigenvalue weighted by Gasteiger charge is 2.13. The minimum Gasteiger partial charge on any atom is -0.319 e. The second kappa shape index (κ2) is 8.30. The summed E-state index contributed by atoms with van der Waals surface area (Å²) < 4.78 is 12.8. The van der Waals surface area contributed by atoms with Crippen LogP contribution in [-0.2, 0) is 0 Å². The molecule has 0 spiro atoms. The van der Waals surface area contributed by atoms with E-state index in [0.29, 0.717) is 21.4 Å². The predicted molar refractivity (Wildman–Crippen MR) is 103 cm³/mol. The lowest BCUT2D eigenvalue weighted by atomic mass is 10.3. The normalized spacial score (nSPS) is 10.3. The Bertz CT molecular complexity index is 997. The van der Waals surface area contributed by atoms with Crippen molar-refractivity contribution in [2.75, 3.05) is 16.0 Å². The van der Waals surface area contributed by atoms with Gasteiger partial charge >= 0.3 is 6.03 Å². The highest BCUT2D eigenvalue weighted by atomic mass is 35.5. The van der Waals surface area contributed by atoms with E-state index in [1.165, 1.54) is 23.7 Å². The monoisotopic (exact) mass is 425 g/mol. The van der Waals surface area contributed by atoms with Gasteiger partial charge in [-0.2, -0.15) is 4.39 Å². The number of amides is 3. The van der Waals surface area contributed by atoms with Gasteiger partial charge in [0.25, 0.3) is 5.91 Å². The Hall–Kier alpha value is -2.75. The first-order chi connectivity index (χ1) is 12.9. The standard InChI is InChI=1S/C16H10Cl2FN5O2S/c17-10-3-1-8(5-11(10)18)22-15(26)24-16-23-12(7-27-16)14(25)21-9-2-4-13(19)20-6-9/h1-7H,(H,21,25)(H2,22,23,24,26). The molecule has 0 radical (unpaired) electrons. The lowest BCUT2D eigenvalue weighted by Crippen LogP contribution is -2.19. The molecule has 0 fully saturated rings. The van der Waals surface area contributed by atoms with Crippen LogP contribution in [0.4, 0.5) is 25.7 Å². The number of nitrogens with zero attached hydrogens (tertiary/aromatic N) is 2. The highest BCUT2D eigenvalue weighted by molar-refractivity contribution is 7.14. The van der Waals surface area contributed by atoms with Crippen molar-refractivity contribution in [2.24, 2.45) is 0 Å². The maximum atomic E-state index is 12.8. The van der Waals surface area contributed by atoms with Crippen LogP contribution in [0.2, 0.25) is 10.0 Å². The Labute approximate surface area is 166 Å². The van der Waals surface area contributed by atoms with Crippen molar-refractivity contribution in [1.82, 2.24) is 9.97 Å². The van der Waals surface area contributed by atoms with Gasteiger partial charge in [-0.15, -0.1) is 11.3 Å². The van der Waals surface area contributed by atoms with E-state index in [1.54, 1.807) is 12.1 Å². The van der Waals surface area contributed by atoms with Crippen LogP contribution < -0.4 is 16.0 Å². The van der Waals surface area contributed by atoms with Crippen molar-refractivity contribution in [1.29, 1.82) is 0 Å². The summed E-state index contributed by atoms with van der Waals surface area (Å²) in [6, 6.07) is 6.58. The summed E-state index contributed by atoms with van der Waals surface area (Å²) in [6.07, 6.45) is 1.18. The van der Waals surface area contributed by atoms with Crippen LogP contribution in [0, 0.1) is 5.95 Å². The molecule has 0 bridgehead atoms. The quantitative estimate of drug-likeness (QED) is 0.518. The van der Waals surface area contributed by atoms with Crippen LogP contribution in [0.1, 0.15) is 10.5 Å². The molecule has 3 N–H and O–H groups in total. The van der Waals surface area contributed by atoms with Crippen molar-refractivity contribution in [3.63, 3.8) is 0 Å². The fourth-order valence-corrected chi connectivity index (χ4v) is 2.90. The number of urea groups is 1. The fourth-order valence-electron chi connectivity index (χ4n) is 1.91. The molecule has 0 atom stereocenters. The number of aromatic nitrogens is 2. The number of nitrogens with one attached hydrogen (secondary N) is 3. The third kappa shape index (κ3) is 5.13. The molecule has 0 saturated carbocycles. The molecule has 0 unspecified atom stereocenters. The average Bonchev–Trinajstić information content (AvgIpc) is 3.08. The van der Waals surface area contributed by atoms with E-state index in [0.717, 1.165) is 17.4 Å². The third-order valence-corrected chi connectivity index (χ3v) is 4.62. The second-order valence-corrected chi connectivity index (χ2v) is 6.74. The van der Waals surface area contributed by atoms with Crippen molar-refractivity contribution >= 4 is 63.0 Å². The van der Waals surface area contributed by atoms with Crippen LogP contribution >= 0.6 is 34.5 Å². The number of rotatable bonds is 4. The van der Waals surface area contributed by atoms with Crippen molar-refractivity contribution in [3.05, 3.63) is 63.6 Å². The van der Waals surface area contributed by atoms with Gasteiger partial charge in [0.05, 0.1) is 21.9 Å². The van der Waals surface area contributed by atoms with E-state index < -0.39 is 17.9 Å². The van der Waals surface area contributed by atoms with Gasteiger partial charge in [0.1, 0.15) is 5.69 Å². The van der Waals surface area contributed by atoms with Gasteiger partial charge in [0.15, 0.2) is 5.13 Å². The van der Waals surface area contributed by atoms with Crippen LogP contribution in [0.15, 0.2) is 41.9 Å². The van der Waals surface area contributed by atoms with Gasteiger partial charge in [-0.25, -0.2) is 14.8 Å². The maximum absolute atomic E-state index is 12.8. The van der Waals surface area contributed by atoms with E-state index in [1.807, 2.05) is 0 Å². The zero-order valence-corrected chi connectivity index (χ0v) is 15.6. The molecule has 11 heteroatoms. The van der Waals surface area contributed by atoms with Gasteiger partial charge in [-0.05, 0) is 30.3 Å². The molecule has 3 amide bonds. The first-order valence-corrected chi connectivity index (χ1v) is 8.96. The second-order valence-electron chi connectivity index (χ2n) is 5.07. The highest BCUT2D eigenvalue weighted by Crippen LogP contribution is 2.25. The topological polar surface area (TPSA) is 96.0 Å². The first-order valence-electron chi connectivity index (χ1n) is 7.32. The molecular formula is C16H10Cl2FN5O2S. The molecule has 2 heterocycles. The van der Waals surface area contributed by atoms with Crippen molar-refractivity contribution in [3.8, 4) is 0 Å². The van der Waals surface area contributed by atoms with Gasteiger partial charge in [-0.1, -0.05) is 23.2 Å². The molecule has 3 aromatic rings. The van der Waals surface area contributed by atoms with Crippen LogP contribution in [0.5, 0.6) is 0 Å². The summed E-state index contributed by atoms with van der Waals surface area (Å²) in [5, 5.41) is 9.97. The van der Waals surface area contributed by atoms with E-state index in [4.69, 9.17) is 23.2 Å². The Balaban J connectivity index is 1.59. The summed E-state index contributed by atoms with van der Waals surface area (Å²) in [5.41, 5.74) is 0.857. The van der Waals surface area contributed by atoms with E-state index >= 15 is 0 Å². The van der Waals surface area contributed by atoms with Gasteiger partial charge in [0, 0.05) is 11.1 Å². The molecule has 7 nitrogen and oxygen atoms in total. The minimum absolute atomic E-state index is 0.0918. The van der Waals surface area contributed by atoms with Crippen LogP contribution in [0.3, 0.4) is 0 Å². The Morgan fingerprint density at radius 3 is 2.48 bits per heavy atom. The molecular weight excluding hydrogens is 416 g/mol. The molecule has 138 valence electrons. The van der Waals surface area contributed by atoms with Gasteiger partial charge < -0.3 is 10.6 Å². The summed E-state index contributed by atoms with van der Waals surface area (Å²) in [5.74, 6) is -1.17. The molecule has 0 aliphatic rings. The molecule has 0 aliphatic heterocycles. The third-order valence-electron chi connectivity index (χ3n) is 3.12. The summed E-state index contributed by atoms with van der Waals surface area (Å²) in [6.45, 7) is 0. The fraction of sp³-hybridized carbons (Fsp3) is 0. The average molecular weight is 426 g/mol. The molecule has 0 aliphatic carbocycles. The number of anilines is 3. The molecule has 27 heavy (non-hydrogen) atoms. The lowest BCUT2D eigenvalue weighted by molar-refractivity contribution is 0.102. The number of hydrogen-bond donors (Lipinski definition) is 3. The smallest absolute Gasteiger partial charge is 0.319 e. The van der Waals surface area contributed by atoms with Crippen molar-refractivity contribution < 1.29 is 14.0 Å². The van der Waals surface area contributed by atoms with Crippen molar-refractivity contribution in [2.45, 2.75) is 0 Å². The molecule has 0 saturated heterocycles. The van der Waals surface area contributed by atoms with E-state index in [9.17, 15) is 14.0 Å². The number of thiazole rings is 1. The number of benzene rings is 1. The van der Waals surface area contributed by atoms with Gasteiger partial charge in [-0.3, -0.25) is 10.1 Å². The lowest BCUT2D eigenvalue weighted by Gasteiger charge is -2.06. The largest absolute Gasteiger partial charge is 0.325 e. The van der Waals surface area contributed by atoms with E-state index in [-0.39, 0.29) is 10.8 Å². The van der Waals surface area contributed by atoms with Crippen LogP contribution in [-0.4, -0.2) is 21.9 Å². The minimum atomic E-state index is -0.652. The number of carbonyl (C=O) groups is 2. The Morgan fingerprint density at radius 1 is 1.00 bits per heavy atom. The zero-order chi connectivity index (χ0) is 19.4. The number of pyridine rings is 1. The van der Waals surface area contributed by atoms with Gasteiger partial charge in [0.2, 0.25) is 5.95 Å². The Morgan fingerprint density at radius 2 is 1.78 bits per heavy atom. The number of hydrogen-bond acceptors (Lipinski definition) is 5. The number of carbonyl (C=O) groups excluding carboxylic acids is 2. The number of halogens is 3. The van der Waals surface area contributed by atoms with E-state index in [2.05, 4.69) is 25.9 Å². The summed E-state index contributed by atoms with van der Waals surface area (Å²) in [4.78, 5) is 31.6. The summed E-state index contributed by atoms with van der Waals surface area (Å²) >= 11 is 12.8. The zero-order valence-electron chi connectivity index (χ0n) is 13.3. The maximum Gasteiger partial charge on any atom is 0.325 e. The Kier molecular flexibility index (Phi) is 5.84. The molecule has 1 aromatic carbocycles. The summed E-state index contributed by atoms with van der Waals surface area (Å²) in [7, 11) is 0. The SMILES string of the molecule is O=C(Nc1ccc(Cl)c(Cl)c1)Nc1nc(C(=O)Nc2ccc(F)nc2)cs1. The van der Waals surface area contributed by atoms with Crippen LogP contribution in [0.25, 0.3) is 0 Å². The molecule has 2 aromatic heterocycles.